The minimum absolute atomic E-state index is 0. The summed E-state index contributed by atoms with van der Waals surface area (Å²) in [6.07, 6.45) is 1.03. The maximum atomic E-state index is 12.9. The summed E-state index contributed by atoms with van der Waals surface area (Å²) < 4.78 is 23.5. The number of nitrogens with zero attached hydrogens (tertiary/aromatic N) is 2. The van der Waals surface area contributed by atoms with Gasteiger partial charge in [-0.1, -0.05) is 0 Å². The number of aliphatic imine (C=N–C) groups is 1. The normalized spacial score (nSPS) is 16.6. The van der Waals surface area contributed by atoms with Crippen LogP contribution >= 0.6 is 24.0 Å². The zero-order valence-electron chi connectivity index (χ0n) is 16.4. The molecule has 0 bridgehead atoms. The lowest BCUT2D eigenvalue weighted by atomic mass is 10.1. The van der Waals surface area contributed by atoms with Crippen LogP contribution in [0, 0.1) is 11.7 Å². The second-order valence-electron chi connectivity index (χ2n) is 6.39. The number of likely N-dealkylation sites (tertiary alicyclic amines) is 1. The molecule has 1 aliphatic rings. The SMILES string of the molecule is CCNC(=NCC(=O)Nc1ccc(F)cc1)N1CCC(COCCOC)C1.I. The number of rotatable bonds is 9. The predicted molar refractivity (Wildman–Crippen MR) is 119 cm³/mol. The molecule has 0 spiro atoms. The van der Waals surface area contributed by atoms with Gasteiger partial charge < -0.3 is 25.0 Å². The Kier molecular flexibility index (Phi) is 12.0. The van der Waals surface area contributed by atoms with E-state index >= 15 is 0 Å². The number of guanidine groups is 1. The number of nitrogens with one attached hydrogen (secondary N) is 2. The largest absolute Gasteiger partial charge is 0.382 e. The molecule has 28 heavy (non-hydrogen) atoms. The van der Waals surface area contributed by atoms with Gasteiger partial charge in [0.1, 0.15) is 12.4 Å². The number of hydrogen-bond acceptors (Lipinski definition) is 4. The van der Waals surface area contributed by atoms with E-state index in [1.54, 1.807) is 7.11 Å². The van der Waals surface area contributed by atoms with Gasteiger partial charge in [-0.25, -0.2) is 9.38 Å². The molecule has 0 aromatic heterocycles. The lowest BCUT2D eigenvalue weighted by molar-refractivity contribution is -0.114. The summed E-state index contributed by atoms with van der Waals surface area (Å²) in [7, 11) is 1.66. The molecule has 2 N–H and O–H groups in total. The monoisotopic (exact) mass is 508 g/mol. The van der Waals surface area contributed by atoms with Gasteiger partial charge in [0.2, 0.25) is 5.91 Å². The summed E-state index contributed by atoms with van der Waals surface area (Å²) in [6.45, 7) is 6.35. The Morgan fingerprint density at radius 3 is 2.75 bits per heavy atom. The van der Waals surface area contributed by atoms with Crippen LogP contribution in [0.15, 0.2) is 29.3 Å². The zero-order valence-corrected chi connectivity index (χ0v) is 18.8. The number of amides is 1. The van der Waals surface area contributed by atoms with Gasteiger partial charge in [-0.2, -0.15) is 0 Å². The van der Waals surface area contributed by atoms with Crippen LogP contribution in [0.2, 0.25) is 0 Å². The van der Waals surface area contributed by atoms with Crippen LogP contribution in [0.4, 0.5) is 10.1 Å². The molecule has 0 aliphatic carbocycles. The van der Waals surface area contributed by atoms with Crippen LogP contribution in [0.1, 0.15) is 13.3 Å². The lowest BCUT2D eigenvalue weighted by Gasteiger charge is -2.21. The number of halogens is 2. The number of hydrogen-bond donors (Lipinski definition) is 2. The summed E-state index contributed by atoms with van der Waals surface area (Å²) in [6, 6.07) is 5.66. The number of carbonyl (C=O) groups is 1. The third-order valence-corrected chi connectivity index (χ3v) is 4.21. The molecular weight excluding hydrogens is 478 g/mol. The quantitative estimate of drug-likeness (QED) is 0.232. The third-order valence-electron chi connectivity index (χ3n) is 4.21. The summed E-state index contributed by atoms with van der Waals surface area (Å²) >= 11 is 0. The van der Waals surface area contributed by atoms with Crippen LogP contribution < -0.4 is 10.6 Å². The maximum absolute atomic E-state index is 12.9. The molecule has 0 saturated carbocycles. The van der Waals surface area contributed by atoms with E-state index in [2.05, 4.69) is 20.5 Å². The molecule has 158 valence electrons. The second-order valence-corrected chi connectivity index (χ2v) is 6.39. The summed E-state index contributed by atoms with van der Waals surface area (Å²) in [5, 5.41) is 5.95. The second kappa shape index (κ2) is 13.7. The van der Waals surface area contributed by atoms with Gasteiger partial charge >= 0.3 is 0 Å². The van der Waals surface area contributed by atoms with Crippen molar-refractivity contribution in [1.82, 2.24) is 10.2 Å². The van der Waals surface area contributed by atoms with Crippen LogP contribution in [-0.2, 0) is 14.3 Å². The van der Waals surface area contributed by atoms with Crippen LogP contribution in [0.25, 0.3) is 0 Å². The highest BCUT2D eigenvalue weighted by Gasteiger charge is 2.25. The first-order valence-electron chi connectivity index (χ1n) is 9.27. The zero-order chi connectivity index (χ0) is 19.5. The Morgan fingerprint density at radius 1 is 1.32 bits per heavy atom. The number of ether oxygens (including phenoxy) is 2. The van der Waals surface area contributed by atoms with Crippen molar-refractivity contribution >= 4 is 41.5 Å². The molecule has 0 radical (unpaired) electrons. The minimum atomic E-state index is -0.338. The summed E-state index contributed by atoms with van der Waals surface area (Å²) in [5.41, 5.74) is 0.552. The van der Waals surface area contributed by atoms with E-state index in [1.165, 1.54) is 24.3 Å². The van der Waals surface area contributed by atoms with Crippen molar-refractivity contribution in [3.63, 3.8) is 0 Å². The molecule has 1 heterocycles. The van der Waals surface area contributed by atoms with Crippen LogP contribution in [0.5, 0.6) is 0 Å². The highest BCUT2D eigenvalue weighted by Crippen LogP contribution is 2.16. The summed E-state index contributed by atoms with van der Waals surface area (Å²) in [4.78, 5) is 18.7. The minimum Gasteiger partial charge on any atom is -0.382 e. The molecular formula is C19H30FIN4O3. The van der Waals surface area contributed by atoms with Crippen molar-refractivity contribution in [2.45, 2.75) is 13.3 Å². The summed E-state index contributed by atoms with van der Waals surface area (Å²) in [5.74, 6) is 0.593. The highest BCUT2D eigenvalue weighted by molar-refractivity contribution is 14.0. The molecule has 9 heteroatoms. The van der Waals surface area contributed by atoms with Gasteiger partial charge in [0.25, 0.3) is 0 Å². The van der Waals surface area contributed by atoms with Gasteiger partial charge in [-0.3, -0.25) is 4.79 Å². The van der Waals surface area contributed by atoms with Gasteiger partial charge in [0.15, 0.2) is 5.96 Å². The molecule has 1 aliphatic heterocycles. The Morgan fingerprint density at radius 2 is 2.07 bits per heavy atom. The van der Waals surface area contributed by atoms with E-state index in [-0.39, 0.29) is 42.2 Å². The Labute approximate surface area is 183 Å². The molecule has 2 rings (SSSR count). The number of anilines is 1. The fraction of sp³-hybridized carbons (Fsp3) is 0.579. The Hall–Kier alpha value is -1.46. The highest BCUT2D eigenvalue weighted by atomic mass is 127. The van der Waals surface area contributed by atoms with E-state index in [9.17, 15) is 9.18 Å². The molecule has 1 saturated heterocycles. The van der Waals surface area contributed by atoms with Crippen molar-refractivity contribution < 1.29 is 18.7 Å². The molecule has 1 fully saturated rings. The molecule has 1 aromatic rings. The molecule has 1 atom stereocenters. The predicted octanol–water partition coefficient (Wildman–Crippen LogP) is 2.33. The first kappa shape index (κ1) is 24.6. The molecule has 1 amide bonds. The number of carbonyl (C=O) groups excluding carboxylic acids is 1. The van der Waals surface area contributed by atoms with Crippen molar-refractivity contribution in [2.24, 2.45) is 10.9 Å². The fourth-order valence-corrected chi connectivity index (χ4v) is 2.86. The van der Waals surface area contributed by atoms with Gasteiger partial charge in [-0.05, 0) is 37.6 Å². The van der Waals surface area contributed by atoms with Crippen LogP contribution in [-0.4, -0.2) is 69.9 Å². The third kappa shape index (κ3) is 8.70. The fourth-order valence-electron chi connectivity index (χ4n) is 2.86. The van der Waals surface area contributed by atoms with E-state index in [0.717, 1.165) is 32.0 Å². The van der Waals surface area contributed by atoms with E-state index in [0.29, 0.717) is 31.4 Å². The van der Waals surface area contributed by atoms with Crippen molar-refractivity contribution in [3.8, 4) is 0 Å². The smallest absolute Gasteiger partial charge is 0.246 e. The van der Waals surface area contributed by atoms with Gasteiger partial charge in [0.05, 0.1) is 19.8 Å². The standard InChI is InChI=1S/C19H29FN4O3.HI/c1-3-21-19(24-9-8-15(13-24)14-27-11-10-26-2)22-12-18(25)23-17-6-4-16(20)5-7-17;/h4-7,15H,3,8-14H2,1-2H3,(H,21,22)(H,23,25);1H. The van der Waals surface area contributed by atoms with E-state index in [4.69, 9.17) is 9.47 Å². The lowest BCUT2D eigenvalue weighted by Crippen LogP contribution is -2.40. The van der Waals surface area contributed by atoms with Crippen molar-refractivity contribution in [1.29, 1.82) is 0 Å². The Balaban J connectivity index is 0.00000392. The maximum Gasteiger partial charge on any atom is 0.246 e. The van der Waals surface area contributed by atoms with E-state index in [1.807, 2.05) is 6.92 Å². The topological polar surface area (TPSA) is 75.2 Å². The first-order valence-corrected chi connectivity index (χ1v) is 9.27. The first-order chi connectivity index (χ1) is 13.1. The average molecular weight is 508 g/mol. The molecule has 7 nitrogen and oxygen atoms in total. The van der Waals surface area contributed by atoms with Crippen LogP contribution in [0.3, 0.4) is 0 Å². The van der Waals surface area contributed by atoms with Crippen molar-refractivity contribution in [2.75, 3.05) is 58.4 Å². The molecule has 1 unspecified atom stereocenters. The Bertz CT molecular complexity index is 616. The molecule has 1 aromatic carbocycles. The van der Waals surface area contributed by atoms with Crippen molar-refractivity contribution in [3.05, 3.63) is 30.1 Å². The van der Waals surface area contributed by atoms with E-state index < -0.39 is 0 Å². The number of benzene rings is 1. The average Bonchev–Trinajstić information content (AvgIpc) is 3.13. The van der Waals surface area contributed by atoms with Gasteiger partial charge in [-0.15, -0.1) is 24.0 Å². The number of methoxy groups -OCH3 is 1. The van der Waals surface area contributed by atoms with Gasteiger partial charge in [0, 0.05) is 38.3 Å².